The number of nitrogens with zero attached hydrogens (tertiary/aromatic N) is 1. The van der Waals surface area contributed by atoms with Gasteiger partial charge in [-0.05, 0) is 12.1 Å². The van der Waals surface area contributed by atoms with Crippen LogP contribution in [0.15, 0.2) is 41.3 Å². The third-order valence-corrected chi connectivity index (χ3v) is 2.16. The van der Waals surface area contributed by atoms with E-state index >= 15 is 0 Å². The average molecular weight is 240 g/mol. The van der Waals surface area contributed by atoms with Crippen molar-refractivity contribution in [2.75, 3.05) is 0 Å². The summed E-state index contributed by atoms with van der Waals surface area (Å²) in [5.41, 5.74) is -0.607. The highest BCUT2D eigenvalue weighted by Crippen LogP contribution is 2.31. The maximum absolute atomic E-state index is 12.5. The van der Waals surface area contributed by atoms with Crippen molar-refractivity contribution in [1.82, 2.24) is 10.2 Å². The van der Waals surface area contributed by atoms with Crippen LogP contribution in [0.2, 0.25) is 0 Å². The summed E-state index contributed by atoms with van der Waals surface area (Å²) >= 11 is 0. The summed E-state index contributed by atoms with van der Waals surface area (Å²) in [7, 11) is 0. The highest BCUT2D eigenvalue weighted by Gasteiger charge is 2.30. The summed E-state index contributed by atoms with van der Waals surface area (Å²) in [6.07, 6.45) is -3.35. The Kier molecular flexibility index (Phi) is 2.71. The molecular weight excluding hydrogens is 233 g/mol. The molecule has 0 atom stereocenters. The molecular formula is C11H7F3N2O. The van der Waals surface area contributed by atoms with Crippen molar-refractivity contribution < 1.29 is 13.2 Å². The number of alkyl halides is 3. The molecule has 6 heteroatoms. The topological polar surface area (TPSA) is 45.8 Å². The molecule has 0 amide bonds. The lowest BCUT2D eigenvalue weighted by atomic mass is 10.1. The summed E-state index contributed by atoms with van der Waals surface area (Å²) < 4.78 is 37.4. The predicted molar refractivity (Wildman–Crippen MR) is 55.3 cm³/mol. The molecule has 1 N–H and O–H groups in total. The Morgan fingerprint density at radius 1 is 1.18 bits per heavy atom. The molecule has 88 valence electrons. The lowest BCUT2D eigenvalue weighted by Gasteiger charge is -2.08. The Bertz CT molecular complexity index is 590. The molecule has 1 aromatic carbocycles. The van der Waals surface area contributed by atoms with Crippen molar-refractivity contribution in [3.63, 3.8) is 0 Å². The molecule has 1 heterocycles. The van der Waals surface area contributed by atoms with E-state index in [1.807, 2.05) is 0 Å². The highest BCUT2D eigenvalue weighted by molar-refractivity contribution is 5.59. The van der Waals surface area contributed by atoms with Gasteiger partial charge < -0.3 is 0 Å². The molecule has 0 aliphatic heterocycles. The first-order valence-electron chi connectivity index (χ1n) is 4.69. The van der Waals surface area contributed by atoms with Crippen LogP contribution in [0.3, 0.4) is 0 Å². The van der Waals surface area contributed by atoms with Crippen molar-refractivity contribution in [3.05, 3.63) is 52.3 Å². The molecule has 1 aromatic heterocycles. The summed E-state index contributed by atoms with van der Waals surface area (Å²) in [4.78, 5) is 11.0. The second-order valence-electron chi connectivity index (χ2n) is 3.41. The minimum absolute atomic E-state index is 0.253. The van der Waals surface area contributed by atoms with E-state index < -0.39 is 11.7 Å². The van der Waals surface area contributed by atoms with Crippen LogP contribution in [0.4, 0.5) is 13.2 Å². The minimum Gasteiger partial charge on any atom is -0.288 e. The molecule has 0 aliphatic carbocycles. The van der Waals surface area contributed by atoms with Gasteiger partial charge in [0.2, 0.25) is 5.43 Å². The molecule has 2 aromatic rings. The molecule has 17 heavy (non-hydrogen) atoms. The lowest BCUT2D eigenvalue weighted by Crippen LogP contribution is -2.05. The van der Waals surface area contributed by atoms with Gasteiger partial charge >= 0.3 is 6.18 Å². The second kappa shape index (κ2) is 4.04. The fourth-order valence-corrected chi connectivity index (χ4v) is 1.39. The number of aromatic nitrogens is 2. The Morgan fingerprint density at radius 2 is 1.94 bits per heavy atom. The number of benzene rings is 1. The maximum Gasteiger partial charge on any atom is 0.416 e. The van der Waals surface area contributed by atoms with Crippen LogP contribution in [0.25, 0.3) is 11.3 Å². The normalized spacial score (nSPS) is 11.5. The van der Waals surface area contributed by atoms with Gasteiger partial charge in [0.1, 0.15) is 0 Å². The van der Waals surface area contributed by atoms with Crippen LogP contribution in [-0.2, 0) is 6.18 Å². The Labute approximate surface area is 93.9 Å². The standard InChI is InChI=1S/C11H7F3N2O/c12-11(13,14)8-3-1-2-7(4-8)10-5-9(17)6-15-16-10/h1-6H,(H,16,17). The number of nitrogens with one attached hydrogen (secondary N) is 1. The molecule has 0 aliphatic rings. The molecule has 0 unspecified atom stereocenters. The zero-order chi connectivity index (χ0) is 12.5. The van der Waals surface area contributed by atoms with E-state index in [2.05, 4.69) is 10.2 Å². The molecule has 0 fully saturated rings. The Morgan fingerprint density at radius 3 is 2.59 bits per heavy atom. The third kappa shape index (κ3) is 2.52. The maximum atomic E-state index is 12.5. The molecule has 0 saturated carbocycles. The van der Waals surface area contributed by atoms with Crippen molar-refractivity contribution in [3.8, 4) is 11.3 Å². The smallest absolute Gasteiger partial charge is 0.288 e. The van der Waals surface area contributed by atoms with Gasteiger partial charge in [0.25, 0.3) is 0 Å². The van der Waals surface area contributed by atoms with E-state index in [1.54, 1.807) is 0 Å². The molecule has 0 radical (unpaired) electrons. The van der Waals surface area contributed by atoms with Gasteiger partial charge in [-0.3, -0.25) is 9.89 Å². The van der Waals surface area contributed by atoms with Gasteiger partial charge in [0.05, 0.1) is 17.5 Å². The van der Waals surface area contributed by atoms with Crippen LogP contribution >= 0.6 is 0 Å². The predicted octanol–water partition coefficient (Wildman–Crippen LogP) is 2.46. The average Bonchev–Trinajstić information content (AvgIpc) is 2.28. The summed E-state index contributed by atoms with van der Waals surface area (Å²) in [6.45, 7) is 0. The quantitative estimate of drug-likeness (QED) is 0.832. The van der Waals surface area contributed by atoms with E-state index in [0.717, 1.165) is 18.3 Å². The van der Waals surface area contributed by atoms with Crippen molar-refractivity contribution >= 4 is 0 Å². The Balaban J connectivity index is 2.51. The van der Waals surface area contributed by atoms with Gasteiger partial charge in [0, 0.05) is 11.6 Å². The molecule has 3 nitrogen and oxygen atoms in total. The number of hydrogen-bond acceptors (Lipinski definition) is 2. The molecule has 0 saturated heterocycles. The van der Waals surface area contributed by atoms with Crippen molar-refractivity contribution in [2.24, 2.45) is 0 Å². The van der Waals surface area contributed by atoms with Gasteiger partial charge in [-0.15, -0.1) is 0 Å². The van der Waals surface area contributed by atoms with E-state index in [4.69, 9.17) is 0 Å². The monoisotopic (exact) mass is 240 g/mol. The first-order valence-corrected chi connectivity index (χ1v) is 4.69. The van der Waals surface area contributed by atoms with Crippen LogP contribution in [0.1, 0.15) is 5.56 Å². The van der Waals surface area contributed by atoms with Crippen LogP contribution in [0.5, 0.6) is 0 Å². The minimum atomic E-state index is -4.40. The molecule has 0 spiro atoms. The van der Waals surface area contributed by atoms with E-state index in [-0.39, 0.29) is 16.7 Å². The van der Waals surface area contributed by atoms with E-state index in [0.29, 0.717) is 0 Å². The fraction of sp³-hybridized carbons (Fsp3) is 0.0909. The summed E-state index contributed by atoms with van der Waals surface area (Å²) in [5.74, 6) is 0. The zero-order valence-electron chi connectivity index (χ0n) is 8.45. The second-order valence-corrected chi connectivity index (χ2v) is 3.41. The van der Waals surface area contributed by atoms with Gasteiger partial charge in [-0.1, -0.05) is 12.1 Å². The molecule has 0 bridgehead atoms. The summed E-state index contributed by atoms with van der Waals surface area (Å²) in [6, 6.07) is 5.89. The first-order chi connectivity index (χ1) is 7.97. The number of aromatic amines is 1. The lowest BCUT2D eigenvalue weighted by molar-refractivity contribution is -0.137. The number of hydrogen-bond donors (Lipinski definition) is 1. The number of H-pyrrole nitrogens is 1. The Hall–Kier alpha value is -2.11. The first kappa shape index (κ1) is 11.4. The van der Waals surface area contributed by atoms with Crippen LogP contribution in [-0.4, -0.2) is 10.2 Å². The van der Waals surface area contributed by atoms with Crippen LogP contribution in [0, 0.1) is 0 Å². The largest absolute Gasteiger partial charge is 0.416 e. The summed E-state index contributed by atoms with van der Waals surface area (Å²) in [5, 5.41) is 6.02. The zero-order valence-corrected chi connectivity index (χ0v) is 8.45. The fourth-order valence-electron chi connectivity index (χ4n) is 1.39. The van der Waals surface area contributed by atoms with Gasteiger partial charge in [-0.25, -0.2) is 0 Å². The van der Waals surface area contributed by atoms with Gasteiger partial charge in [0.15, 0.2) is 0 Å². The SMILES string of the molecule is O=c1cn[nH]c(-c2cccc(C(F)(F)F)c2)c1. The van der Waals surface area contributed by atoms with Crippen LogP contribution < -0.4 is 5.43 Å². The number of rotatable bonds is 1. The van der Waals surface area contributed by atoms with Gasteiger partial charge in [-0.2, -0.15) is 18.3 Å². The number of halogens is 3. The molecule has 2 rings (SSSR count). The highest BCUT2D eigenvalue weighted by atomic mass is 19.4. The van der Waals surface area contributed by atoms with E-state index in [9.17, 15) is 18.0 Å². The van der Waals surface area contributed by atoms with Crippen molar-refractivity contribution in [2.45, 2.75) is 6.18 Å². The van der Waals surface area contributed by atoms with E-state index in [1.165, 1.54) is 18.2 Å². The van der Waals surface area contributed by atoms with Crippen molar-refractivity contribution in [1.29, 1.82) is 0 Å². The third-order valence-electron chi connectivity index (χ3n) is 2.16.